The maximum atomic E-state index is 13.2. The highest BCUT2D eigenvalue weighted by Crippen LogP contribution is 2.35. The summed E-state index contributed by atoms with van der Waals surface area (Å²) in [6, 6.07) is 11.6. The predicted octanol–water partition coefficient (Wildman–Crippen LogP) is 3.99. The molecule has 1 amide bonds. The van der Waals surface area contributed by atoms with E-state index in [1.165, 1.54) is 12.1 Å². The van der Waals surface area contributed by atoms with E-state index in [1.54, 1.807) is 17.0 Å². The molecule has 1 aliphatic rings. The summed E-state index contributed by atoms with van der Waals surface area (Å²) in [7, 11) is 0. The van der Waals surface area contributed by atoms with E-state index in [1.807, 2.05) is 32.0 Å². The number of likely N-dealkylation sites (tertiary alicyclic amines) is 1. The van der Waals surface area contributed by atoms with Gasteiger partial charge >= 0.3 is 5.97 Å². The molecule has 4 nitrogen and oxygen atoms in total. The van der Waals surface area contributed by atoms with Gasteiger partial charge in [0.2, 0.25) is 0 Å². The van der Waals surface area contributed by atoms with E-state index in [4.69, 9.17) is 0 Å². The number of rotatable bonds is 4. The molecule has 0 radical (unpaired) electrons. The fourth-order valence-electron chi connectivity index (χ4n) is 3.97. The second kappa shape index (κ2) is 7.51. The molecule has 1 fully saturated rings. The Bertz CT molecular complexity index is 842. The fraction of sp³-hybridized carbons (Fsp3) is 0.364. The molecular weight excluding hydrogens is 345 g/mol. The van der Waals surface area contributed by atoms with E-state index in [0.29, 0.717) is 24.9 Å². The minimum atomic E-state index is -1.05. The number of benzene rings is 2. The number of carboxylic acids is 1. The SMILES string of the molecule is Cc1cc(C)cc(C(=O)N2CCCC(Cc3ccc(F)cc3)(C(=O)O)C2)c1. The monoisotopic (exact) mass is 369 g/mol. The van der Waals surface area contributed by atoms with Gasteiger partial charge in [-0.15, -0.1) is 0 Å². The number of aliphatic carboxylic acids is 1. The molecule has 1 heterocycles. The first-order valence-corrected chi connectivity index (χ1v) is 9.14. The van der Waals surface area contributed by atoms with Crippen LogP contribution in [0.3, 0.4) is 0 Å². The van der Waals surface area contributed by atoms with Crippen LogP contribution in [0.1, 0.15) is 39.9 Å². The lowest BCUT2D eigenvalue weighted by Crippen LogP contribution is -2.51. The molecule has 3 rings (SSSR count). The summed E-state index contributed by atoms with van der Waals surface area (Å²) in [4.78, 5) is 26.8. The Morgan fingerprint density at radius 2 is 1.74 bits per heavy atom. The number of nitrogens with zero attached hydrogens (tertiary/aromatic N) is 1. The molecule has 0 aliphatic carbocycles. The first kappa shape index (κ1) is 19.1. The zero-order valence-corrected chi connectivity index (χ0v) is 15.7. The minimum absolute atomic E-state index is 0.133. The Labute approximate surface area is 158 Å². The number of carbonyl (C=O) groups is 2. The van der Waals surface area contributed by atoms with Crippen LogP contribution < -0.4 is 0 Å². The number of halogens is 1. The molecule has 1 unspecified atom stereocenters. The lowest BCUT2D eigenvalue weighted by atomic mass is 9.75. The highest BCUT2D eigenvalue weighted by Gasteiger charge is 2.43. The molecule has 0 aromatic heterocycles. The zero-order chi connectivity index (χ0) is 19.6. The molecule has 2 aromatic carbocycles. The molecular formula is C22H24FNO3. The first-order valence-electron chi connectivity index (χ1n) is 9.14. The van der Waals surface area contributed by atoms with E-state index in [-0.39, 0.29) is 24.7 Å². The lowest BCUT2D eigenvalue weighted by molar-refractivity contribution is -0.151. The van der Waals surface area contributed by atoms with Gasteiger partial charge in [0.05, 0.1) is 5.41 Å². The number of hydrogen-bond donors (Lipinski definition) is 1. The molecule has 1 aliphatic heterocycles. The molecule has 0 bridgehead atoms. The van der Waals surface area contributed by atoms with Gasteiger partial charge in [0.1, 0.15) is 5.82 Å². The Balaban J connectivity index is 1.85. The summed E-state index contributed by atoms with van der Waals surface area (Å²) in [6.07, 6.45) is 1.40. The minimum Gasteiger partial charge on any atom is -0.481 e. The smallest absolute Gasteiger partial charge is 0.311 e. The third-order valence-electron chi connectivity index (χ3n) is 5.24. The van der Waals surface area contributed by atoms with Crippen molar-refractivity contribution < 1.29 is 19.1 Å². The average molecular weight is 369 g/mol. The Morgan fingerprint density at radius 3 is 2.33 bits per heavy atom. The van der Waals surface area contributed by atoms with Crippen LogP contribution in [0.25, 0.3) is 0 Å². The number of carboxylic acid groups (broad SMARTS) is 1. The second-order valence-electron chi connectivity index (χ2n) is 7.60. The molecule has 0 spiro atoms. The average Bonchev–Trinajstić information content (AvgIpc) is 2.62. The quantitative estimate of drug-likeness (QED) is 0.886. The standard InChI is InChI=1S/C22H24FNO3/c1-15-10-16(2)12-18(11-15)20(25)24-9-3-8-22(14-24,21(26)27)13-17-4-6-19(23)7-5-17/h4-7,10-12H,3,8-9,13-14H2,1-2H3,(H,26,27). The van der Waals surface area contributed by atoms with Gasteiger partial charge in [0.15, 0.2) is 0 Å². The van der Waals surface area contributed by atoms with Gasteiger partial charge in [0, 0.05) is 18.7 Å². The van der Waals surface area contributed by atoms with Crippen molar-refractivity contribution in [1.82, 2.24) is 4.90 Å². The van der Waals surface area contributed by atoms with Gasteiger partial charge in [0.25, 0.3) is 5.91 Å². The largest absolute Gasteiger partial charge is 0.481 e. The summed E-state index contributed by atoms with van der Waals surface area (Å²) >= 11 is 0. The van der Waals surface area contributed by atoms with Crippen molar-refractivity contribution >= 4 is 11.9 Å². The van der Waals surface area contributed by atoms with Crippen molar-refractivity contribution in [2.75, 3.05) is 13.1 Å². The Hall–Kier alpha value is -2.69. The van der Waals surface area contributed by atoms with Crippen molar-refractivity contribution in [1.29, 1.82) is 0 Å². The van der Waals surface area contributed by atoms with Crippen molar-refractivity contribution in [3.05, 3.63) is 70.5 Å². The van der Waals surface area contributed by atoms with Crippen LogP contribution in [-0.2, 0) is 11.2 Å². The van der Waals surface area contributed by atoms with Gasteiger partial charge in [-0.2, -0.15) is 0 Å². The maximum Gasteiger partial charge on any atom is 0.311 e. The van der Waals surface area contributed by atoms with Crippen molar-refractivity contribution in [2.45, 2.75) is 33.1 Å². The summed E-state index contributed by atoms with van der Waals surface area (Å²) in [6.45, 7) is 4.59. The highest BCUT2D eigenvalue weighted by molar-refractivity contribution is 5.95. The van der Waals surface area contributed by atoms with Gasteiger partial charge in [-0.1, -0.05) is 29.3 Å². The summed E-state index contributed by atoms with van der Waals surface area (Å²) in [5.41, 5.74) is 2.32. The lowest BCUT2D eigenvalue weighted by Gasteiger charge is -2.40. The molecule has 1 N–H and O–H groups in total. The van der Waals surface area contributed by atoms with Crippen molar-refractivity contribution in [2.24, 2.45) is 5.41 Å². The van der Waals surface area contributed by atoms with Crippen LogP contribution in [0, 0.1) is 25.1 Å². The van der Waals surface area contributed by atoms with Crippen LogP contribution in [0.4, 0.5) is 4.39 Å². The van der Waals surface area contributed by atoms with E-state index >= 15 is 0 Å². The topological polar surface area (TPSA) is 57.6 Å². The van der Waals surface area contributed by atoms with Crippen LogP contribution in [-0.4, -0.2) is 35.0 Å². The third-order valence-corrected chi connectivity index (χ3v) is 5.24. The predicted molar refractivity (Wildman–Crippen MR) is 101 cm³/mol. The number of amides is 1. The van der Waals surface area contributed by atoms with Crippen LogP contribution in [0.15, 0.2) is 42.5 Å². The number of carbonyl (C=O) groups excluding carboxylic acids is 1. The maximum absolute atomic E-state index is 13.2. The van der Waals surface area contributed by atoms with E-state index < -0.39 is 11.4 Å². The zero-order valence-electron chi connectivity index (χ0n) is 15.7. The molecule has 0 saturated carbocycles. The summed E-state index contributed by atoms with van der Waals surface area (Å²) < 4.78 is 13.2. The molecule has 142 valence electrons. The summed E-state index contributed by atoms with van der Waals surface area (Å²) in [5, 5.41) is 9.95. The van der Waals surface area contributed by atoms with Gasteiger partial charge in [-0.25, -0.2) is 4.39 Å². The van der Waals surface area contributed by atoms with E-state index in [0.717, 1.165) is 16.7 Å². The molecule has 5 heteroatoms. The molecule has 1 saturated heterocycles. The number of aryl methyl sites for hydroxylation is 2. The molecule has 2 aromatic rings. The molecule has 1 atom stereocenters. The van der Waals surface area contributed by atoms with Gasteiger partial charge in [-0.05, 0) is 62.9 Å². The Kier molecular flexibility index (Phi) is 5.31. The van der Waals surface area contributed by atoms with Gasteiger partial charge in [-0.3, -0.25) is 9.59 Å². The Morgan fingerprint density at radius 1 is 1.11 bits per heavy atom. The molecule has 27 heavy (non-hydrogen) atoms. The van der Waals surface area contributed by atoms with Crippen molar-refractivity contribution in [3.63, 3.8) is 0 Å². The fourth-order valence-corrected chi connectivity index (χ4v) is 3.97. The van der Waals surface area contributed by atoms with Crippen molar-refractivity contribution in [3.8, 4) is 0 Å². The summed E-state index contributed by atoms with van der Waals surface area (Å²) in [5.74, 6) is -1.39. The number of piperidine rings is 1. The number of hydrogen-bond acceptors (Lipinski definition) is 2. The highest BCUT2D eigenvalue weighted by atomic mass is 19.1. The first-order chi connectivity index (χ1) is 12.8. The second-order valence-corrected chi connectivity index (χ2v) is 7.60. The van der Waals surface area contributed by atoms with Gasteiger partial charge < -0.3 is 10.0 Å². The van der Waals surface area contributed by atoms with Crippen LogP contribution in [0.5, 0.6) is 0 Å². The van der Waals surface area contributed by atoms with E-state index in [2.05, 4.69) is 0 Å². The van der Waals surface area contributed by atoms with E-state index in [9.17, 15) is 19.1 Å². The normalized spacial score (nSPS) is 19.7. The van der Waals surface area contributed by atoms with Crippen LogP contribution in [0.2, 0.25) is 0 Å². The van der Waals surface area contributed by atoms with Crippen LogP contribution >= 0.6 is 0 Å². The third kappa shape index (κ3) is 4.18.